The highest BCUT2D eigenvalue weighted by atomic mass is 32.2. The number of carbonyl (C=O) groups excluding carboxylic acids is 1. The van der Waals surface area contributed by atoms with Crippen LogP contribution in [0.25, 0.3) is 0 Å². The lowest BCUT2D eigenvalue weighted by molar-refractivity contribution is -0.128. The van der Waals surface area contributed by atoms with Gasteiger partial charge >= 0.3 is 0 Å². The summed E-state index contributed by atoms with van der Waals surface area (Å²) in [5.74, 6) is 0.543. The van der Waals surface area contributed by atoms with Gasteiger partial charge < -0.3 is 9.64 Å². The molecule has 1 heterocycles. The third-order valence-corrected chi connectivity index (χ3v) is 4.53. The van der Waals surface area contributed by atoms with Crippen LogP contribution in [0, 0.1) is 0 Å². The molecule has 116 valence electrons. The van der Waals surface area contributed by atoms with Gasteiger partial charge in [0.25, 0.3) is 0 Å². The molecule has 1 aliphatic rings. The Kier molecular flexibility index (Phi) is 4.53. The van der Waals surface area contributed by atoms with Gasteiger partial charge in [0.1, 0.15) is 11.0 Å². The van der Waals surface area contributed by atoms with Crippen LogP contribution in [0.5, 0.6) is 5.75 Å². The van der Waals surface area contributed by atoms with Gasteiger partial charge in [0.2, 0.25) is 15.9 Å². The number of likely N-dealkylation sites (tertiary alicyclic amines) is 1. The maximum atomic E-state index is 11.9. The van der Waals surface area contributed by atoms with E-state index < -0.39 is 15.3 Å². The van der Waals surface area contributed by atoms with E-state index in [4.69, 9.17) is 9.88 Å². The van der Waals surface area contributed by atoms with E-state index in [2.05, 4.69) is 0 Å². The third kappa shape index (κ3) is 4.18. The number of sulfonamides is 1. The zero-order chi connectivity index (χ0) is 15.6. The molecular weight excluding hydrogens is 292 g/mol. The van der Waals surface area contributed by atoms with Crippen molar-refractivity contribution in [2.24, 2.45) is 5.14 Å². The summed E-state index contributed by atoms with van der Waals surface area (Å²) in [4.78, 5) is 13.4. The Morgan fingerprint density at radius 1 is 1.43 bits per heavy atom. The molecule has 1 aromatic rings. The van der Waals surface area contributed by atoms with Crippen molar-refractivity contribution in [1.82, 2.24) is 4.90 Å². The first-order chi connectivity index (χ1) is 9.75. The third-order valence-electron chi connectivity index (χ3n) is 3.29. The van der Waals surface area contributed by atoms with Crippen LogP contribution in [0.3, 0.4) is 0 Å². The molecule has 1 fully saturated rings. The summed E-state index contributed by atoms with van der Waals surface area (Å²) in [6, 6.07) is 7.44. The zero-order valence-electron chi connectivity index (χ0n) is 12.2. The van der Waals surface area contributed by atoms with Gasteiger partial charge in [-0.25, -0.2) is 13.6 Å². The molecule has 1 aromatic carbocycles. The molecule has 2 rings (SSSR count). The fourth-order valence-corrected chi connectivity index (χ4v) is 3.08. The summed E-state index contributed by atoms with van der Waals surface area (Å²) < 4.78 is 28.3. The summed E-state index contributed by atoms with van der Waals surface area (Å²) in [6.45, 7) is 4.38. The largest absolute Gasteiger partial charge is 0.491 e. The quantitative estimate of drug-likeness (QED) is 0.873. The number of carbonyl (C=O) groups is 1. The smallest absolute Gasteiger partial charge is 0.224 e. The molecular formula is C14H20N2O4S. The minimum atomic E-state index is -3.67. The summed E-state index contributed by atoms with van der Waals surface area (Å²) in [6.07, 6.45) is 0.0292. The molecule has 0 aromatic heterocycles. The Labute approximate surface area is 124 Å². The lowest BCUT2D eigenvalue weighted by atomic mass is 10.2. The monoisotopic (exact) mass is 312 g/mol. The van der Waals surface area contributed by atoms with Gasteiger partial charge in [-0.1, -0.05) is 12.1 Å². The van der Waals surface area contributed by atoms with E-state index in [0.29, 0.717) is 6.54 Å². The van der Waals surface area contributed by atoms with Gasteiger partial charge in [-0.3, -0.25) is 4.79 Å². The van der Waals surface area contributed by atoms with E-state index in [1.165, 1.54) is 4.90 Å². The number of hydrogen-bond donors (Lipinski definition) is 1. The summed E-state index contributed by atoms with van der Waals surface area (Å²) >= 11 is 0. The minimum absolute atomic E-state index is 0.0407. The van der Waals surface area contributed by atoms with E-state index in [9.17, 15) is 13.2 Å². The van der Waals surface area contributed by atoms with Gasteiger partial charge in [0.15, 0.2) is 0 Å². The van der Waals surface area contributed by atoms with Crippen LogP contribution in [0.1, 0.15) is 25.8 Å². The van der Waals surface area contributed by atoms with Crippen LogP contribution in [-0.2, 0) is 21.4 Å². The summed E-state index contributed by atoms with van der Waals surface area (Å²) in [7, 11) is -3.67. The lowest BCUT2D eigenvalue weighted by Crippen LogP contribution is -2.31. The molecule has 0 radical (unpaired) electrons. The van der Waals surface area contributed by atoms with Crippen LogP contribution in [-0.4, -0.2) is 37.1 Å². The standard InChI is InChI=1S/C14H20N2O4S/c1-10(2)20-12-5-3-4-11(6-12)8-16-9-13(7-14(16)17)21(15,18)19/h3-6,10,13H,7-9H2,1-2H3,(H2,15,18,19). The first kappa shape index (κ1) is 15.8. The van der Waals surface area contributed by atoms with Gasteiger partial charge in [-0.15, -0.1) is 0 Å². The fourth-order valence-electron chi connectivity index (χ4n) is 2.32. The Morgan fingerprint density at radius 2 is 2.14 bits per heavy atom. The highest BCUT2D eigenvalue weighted by molar-refractivity contribution is 7.89. The number of primary sulfonamides is 1. The van der Waals surface area contributed by atoms with Gasteiger partial charge in [-0.05, 0) is 31.5 Å². The molecule has 2 N–H and O–H groups in total. The number of nitrogens with zero attached hydrogens (tertiary/aromatic N) is 1. The normalized spacial score (nSPS) is 19.3. The van der Waals surface area contributed by atoms with Gasteiger partial charge in [0, 0.05) is 19.5 Å². The van der Waals surface area contributed by atoms with Crippen molar-refractivity contribution in [1.29, 1.82) is 0 Å². The van der Waals surface area contributed by atoms with E-state index in [1.807, 2.05) is 38.1 Å². The van der Waals surface area contributed by atoms with Crippen molar-refractivity contribution >= 4 is 15.9 Å². The zero-order valence-corrected chi connectivity index (χ0v) is 13.0. The van der Waals surface area contributed by atoms with Gasteiger partial charge in [0.05, 0.1) is 6.10 Å². The van der Waals surface area contributed by atoms with E-state index >= 15 is 0 Å². The second-order valence-corrected chi connectivity index (χ2v) is 7.35. The average molecular weight is 312 g/mol. The molecule has 0 spiro atoms. The van der Waals surface area contributed by atoms with Crippen LogP contribution in [0.4, 0.5) is 0 Å². The first-order valence-corrected chi connectivity index (χ1v) is 8.41. The number of nitrogens with two attached hydrogens (primary N) is 1. The summed E-state index contributed by atoms with van der Waals surface area (Å²) in [5, 5.41) is 4.31. The predicted molar refractivity (Wildman–Crippen MR) is 79.1 cm³/mol. The Balaban J connectivity index is 2.07. The van der Waals surface area contributed by atoms with Crippen molar-refractivity contribution in [3.8, 4) is 5.75 Å². The van der Waals surface area contributed by atoms with E-state index in [1.54, 1.807) is 0 Å². The number of amides is 1. The second kappa shape index (κ2) is 6.03. The topological polar surface area (TPSA) is 89.7 Å². The predicted octanol–water partition coefficient (Wildman–Crippen LogP) is 0.863. The molecule has 0 bridgehead atoms. The fraction of sp³-hybridized carbons (Fsp3) is 0.500. The van der Waals surface area contributed by atoms with Crippen molar-refractivity contribution in [3.05, 3.63) is 29.8 Å². The lowest BCUT2D eigenvalue weighted by Gasteiger charge is -2.17. The minimum Gasteiger partial charge on any atom is -0.491 e. The van der Waals surface area contributed by atoms with Crippen molar-refractivity contribution in [2.45, 2.75) is 38.2 Å². The van der Waals surface area contributed by atoms with Crippen molar-refractivity contribution in [3.63, 3.8) is 0 Å². The number of rotatable bonds is 5. The maximum absolute atomic E-state index is 11.9. The molecule has 7 heteroatoms. The maximum Gasteiger partial charge on any atom is 0.224 e. The van der Waals surface area contributed by atoms with Crippen LogP contribution >= 0.6 is 0 Å². The molecule has 6 nitrogen and oxygen atoms in total. The highest BCUT2D eigenvalue weighted by Crippen LogP contribution is 2.21. The number of benzene rings is 1. The molecule has 0 aliphatic carbocycles. The second-order valence-electron chi connectivity index (χ2n) is 5.50. The Bertz CT molecular complexity index is 628. The average Bonchev–Trinajstić information content (AvgIpc) is 2.70. The highest BCUT2D eigenvalue weighted by Gasteiger charge is 2.36. The van der Waals surface area contributed by atoms with Crippen LogP contribution < -0.4 is 9.88 Å². The Hall–Kier alpha value is -1.60. The van der Waals surface area contributed by atoms with Crippen molar-refractivity contribution < 1.29 is 17.9 Å². The van der Waals surface area contributed by atoms with Gasteiger partial charge in [-0.2, -0.15) is 0 Å². The number of ether oxygens (including phenoxy) is 1. The molecule has 1 amide bonds. The molecule has 1 atom stereocenters. The summed E-state index contributed by atoms with van der Waals surface area (Å²) in [5.41, 5.74) is 0.900. The molecule has 21 heavy (non-hydrogen) atoms. The van der Waals surface area contributed by atoms with E-state index in [-0.39, 0.29) is 25.0 Å². The molecule has 1 unspecified atom stereocenters. The van der Waals surface area contributed by atoms with Crippen LogP contribution in [0.15, 0.2) is 24.3 Å². The molecule has 0 saturated carbocycles. The molecule has 1 aliphatic heterocycles. The number of hydrogen-bond acceptors (Lipinski definition) is 4. The van der Waals surface area contributed by atoms with E-state index in [0.717, 1.165) is 11.3 Å². The Morgan fingerprint density at radius 3 is 2.71 bits per heavy atom. The first-order valence-electron chi connectivity index (χ1n) is 6.80. The van der Waals surface area contributed by atoms with Crippen molar-refractivity contribution in [2.75, 3.05) is 6.54 Å². The SMILES string of the molecule is CC(C)Oc1cccc(CN2CC(S(N)(=O)=O)CC2=O)c1. The van der Waals surface area contributed by atoms with Crippen LogP contribution in [0.2, 0.25) is 0 Å². The molecule has 1 saturated heterocycles.